The Hall–Kier alpha value is -1.10. The number of carbonyl (C=O) groups excluding carboxylic acids is 2. The Morgan fingerprint density at radius 1 is 1.22 bits per heavy atom. The van der Waals surface area contributed by atoms with Crippen LogP contribution in [0.15, 0.2) is 0 Å². The number of carbonyl (C=O) groups is 2. The summed E-state index contributed by atoms with van der Waals surface area (Å²) in [4.78, 5) is 23.4. The molecular formula is C13H25N3O2. The van der Waals surface area contributed by atoms with E-state index < -0.39 is 11.0 Å². The summed E-state index contributed by atoms with van der Waals surface area (Å²) in [5.74, 6) is -0.114. The molecule has 0 saturated heterocycles. The largest absolute Gasteiger partial charge is 0.355 e. The minimum absolute atomic E-state index is 0.00242. The molecule has 0 aliphatic heterocycles. The highest BCUT2D eigenvalue weighted by Crippen LogP contribution is 2.28. The predicted molar refractivity (Wildman–Crippen MR) is 70.8 cm³/mol. The first-order chi connectivity index (χ1) is 8.14. The van der Waals surface area contributed by atoms with Crippen molar-refractivity contribution in [3.63, 3.8) is 0 Å². The minimum Gasteiger partial charge on any atom is -0.355 e. The van der Waals surface area contributed by atoms with Gasteiger partial charge in [-0.05, 0) is 40.5 Å². The fraction of sp³-hybridized carbons (Fsp3) is 0.846. The molecule has 0 unspecified atom stereocenters. The molecule has 1 saturated carbocycles. The van der Waals surface area contributed by atoms with Crippen molar-refractivity contribution in [3.05, 3.63) is 0 Å². The zero-order valence-corrected chi connectivity index (χ0v) is 11.8. The summed E-state index contributed by atoms with van der Waals surface area (Å²) in [5, 5.41) is 5.66. The third-order valence-electron chi connectivity index (χ3n) is 3.76. The number of hydrogen-bond acceptors (Lipinski definition) is 3. The van der Waals surface area contributed by atoms with Crippen LogP contribution in [0, 0.1) is 5.41 Å². The molecule has 0 spiro atoms. The molecule has 0 bridgehead atoms. The van der Waals surface area contributed by atoms with E-state index in [-0.39, 0.29) is 11.8 Å². The Kier molecular flexibility index (Phi) is 4.37. The lowest BCUT2D eigenvalue weighted by atomic mass is 9.74. The topological polar surface area (TPSA) is 84.2 Å². The van der Waals surface area contributed by atoms with Gasteiger partial charge in [-0.1, -0.05) is 0 Å². The standard InChI is InChI=1S/C13H25N3O2/c1-12(2,13(3,4)14)11(18)15-8-7-10(17)16-9-5-6-9/h9H,5-8,14H2,1-4H3,(H,15,18)(H,16,17). The van der Waals surface area contributed by atoms with Crippen LogP contribution in [0.5, 0.6) is 0 Å². The molecular weight excluding hydrogens is 230 g/mol. The Morgan fingerprint density at radius 2 is 1.78 bits per heavy atom. The van der Waals surface area contributed by atoms with Crippen molar-refractivity contribution >= 4 is 11.8 Å². The van der Waals surface area contributed by atoms with Gasteiger partial charge in [-0.25, -0.2) is 0 Å². The molecule has 0 radical (unpaired) electrons. The van der Waals surface area contributed by atoms with Crippen molar-refractivity contribution in [2.24, 2.45) is 11.1 Å². The monoisotopic (exact) mass is 255 g/mol. The van der Waals surface area contributed by atoms with Crippen molar-refractivity contribution in [1.29, 1.82) is 0 Å². The molecule has 5 heteroatoms. The van der Waals surface area contributed by atoms with Crippen LogP contribution in [0.3, 0.4) is 0 Å². The smallest absolute Gasteiger partial charge is 0.227 e. The molecule has 0 atom stereocenters. The molecule has 104 valence electrons. The maximum atomic E-state index is 12.0. The van der Waals surface area contributed by atoms with Crippen LogP contribution in [0.4, 0.5) is 0 Å². The highest BCUT2D eigenvalue weighted by Gasteiger charge is 2.40. The van der Waals surface area contributed by atoms with Crippen molar-refractivity contribution in [2.45, 2.75) is 58.5 Å². The van der Waals surface area contributed by atoms with Gasteiger partial charge in [0.25, 0.3) is 0 Å². The molecule has 2 amide bonds. The van der Waals surface area contributed by atoms with Gasteiger partial charge < -0.3 is 16.4 Å². The maximum Gasteiger partial charge on any atom is 0.227 e. The van der Waals surface area contributed by atoms with Gasteiger partial charge in [0.1, 0.15) is 0 Å². The lowest BCUT2D eigenvalue weighted by molar-refractivity contribution is -0.132. The van der Waals surface area contributed by atoms with E-state index in [1.165, 1.54) is 0 Å². The summed E-state index contributed by atoms with van der Waals surface area (Å²) in [6.45, 7) is 7.63. The summed E-state index contributed by atoms with van der Waals surface area (Å²) in [6, 6.07) is 0.368. The molecule has 1 aliphatic rings. The van der Waals surface area contributed by atoms with E-state index >= 15 is 0 Å². The zero-order valence-electron chi connectivity index (χ0n) is 11.8. The first kappa shape index (κ1) is 15.0. The summed E-state index contributed by atoms with van der Waals surface area (Å²) in [5.41, 5.74) is 4.71. The van der Waals surface area contributed by atoms with E-state index in [9.17, 15) is 9.59 Å². The van der Waals surface area contributed by atoms with Crippen molar-refractivity contribution in [1.82, 2.24) is 10.6 Å². The number of nitrogens with one attached hydrogen (secondary N) is 2. The Labute approximate surface area is 109 Å². The Bertz CT molecular complexity index is 328. The third kappa shape index (κ3) is 3.98. The summed E-state index contributed by atoms with van der Waals surface area (Å²) >= 11 is 0. The van der Waals surface area contributed by atoms with Crippen LogP contribution >= 0.6 is 0 Å². The van der Waals surface area contributed by atoms with Crippen LogP contribution in [0.1, 0.15) is 47.0 Å². The predicted octanol–water partition coefficient (Wildman–Crippen LogP) is 0.535. The second-order valence-corrected chi connectivity index (χ2v) is 6.19. The average molecular weight is 255 g/mol. The second kappa shape index (κ2) is 5.26. The molecule has 4 N–H and O–H groups in total. The minimum atomic E-state index is -0.667. The van der Waals surface area contributed by atoms with Crippen LogP contribution in [0.25, 0.3) is 0 Å². The third-order valence-corrected chi connectivity index (χ3v) is 3.76. The van der Waals surface area contributed by atoms with E-state index in [0.29, 0.717) is 19.0 Å². The lowest BCUT2D eigenvalue weighted by Crippen LogP contribution is -2.55. The summed E-state index contributed by atoms with van der Waals surface area (Å²) in [7, 11) is 0. The second-order valence-electron chi connectivity index (χ2n) is 6.19. The van der Waals surface area contributed by atoms with Gasteiger partial charge in [0, 0.05) is 24.5 Å². The molecule has 1 aliphatic carbocycles. The van der Waals surface area contributed by atoms with E-state index in [1.54, 1.807) is 0 Å². The van der Waals surface area contributed by atoms with Gasteiger partial charge >= 0.3 is 0 Å². The molecule has 1 rings (SSSR count). The zero-order chi connectivity index (χ0) is 14.0. The summed E-state index contributed by atoms with van der Waals surface area (Å²) in [6.07, 6.45) is 2.47. The van der Waals surface area contributed by atoms with Gasteiger partial charge in [0.15, 0.2) is 0 Å². The first-order valence-electron chi connectivity index (χ1n) is 6.51. The molecule has 0 aromatic carbocycles. The van der Waals surface area contributed by atoms with Crippen molar-refractivity contribution < 1.29 is 9.59 Å². The van der Waals surface area contributed by atoms with Crippen LogP contribution in [-0.2, 0) is 9.59 Å². The van der Waals surface area contributed by atoms with Gasteiger partial charge in [-0.3, -0.25) is 9.59 Å². The fourth-order valence-corrected chi connectivity index (χ4v) is 1.33. The Morgan fingerprint density at radius 3 is 2.22 bits per heavy atom. The molecule has 18 heavy (non-hydrogen) atoms. The molecule has 0 heterocycles. The summed E-state index contributed by atoms with van der Waals surface area (Å²) < 4.78 is 0. The normalized spacial score (nSPS) is 16.3. The van der Waals surface area contributed by atoms with Gasteiger partial charge in [0.2, 0.25) is 11.8 Å². The molecule has 0 aromatic rings. The quantitative estimate of drug-likeness (QED) is 0.647. The van der Waals surface area contributed by atoms with Crippen LogP contribution in [0.2, 0.25) is 0 Å². The fourth-order valence-electron chi connectivity index (χ4n) is 1.33. The van der Waals surface area contributed by atoms with E-state index in [2.05, 4.69) is 10.6 Å². The highest BCUT2D eigenvalue weighted by atomic mass is 16.2. The maximum absolute atomic E-state index is 12.0. The van der Waals surface area contributed by atoms with Crippen LogP contribution < -0.4 is 16.4 Å². The number of rotatable bonds is 6. The SMILES string of the molecule is CC(C)(N)C(C)(C)C(=O)NCCC(=O)NC1CC1. The molecule has 5 nitrogen and oxygen atoms in total. The highest BCUT2D eigenvalue weighted by molar-refractivity contribution is 5.84. The van der Waals surface area contributed by atoms with Crippen molar-refractivity contribution in [2.75, 3.05) is 6.54 Å². The average Bonchev–Trinajstić information content (AvgIpc) is 2.99. The van der Waals surface area contributed by atoms with Gasteiger partial charge in [-0.15, -0.1) is 0 Å². The first-order valence-corrected chi connectivity index (χ1v) is 6.51. The van der Waals surface area contributed by atoms with Crippen molar-refractivity contribution in [3.8, 4) is 0 Å². The lowest BCUT2D eigenvalue weighted by Gasteiger charge is -2.36. The Balaban J connectivity index is 2.29. The van der Waals surface area contributed by atoms with Gasteiger partial charge in [-0.2, -0.15) is 0 Å². The number of amides is 2. The molecule has 1 fully saturated rings. The van der Waals surface area contributed by atoms with E-state index in [0.717, 1.165) is 12.8 Å². The van der Waals surface area contributed by atoms with Gasteiger partial charge in [0.05, 0.1) is 5.41 Å². The van der Waals surface area contributed by atoms with E-state index in [4.69, 9.17) is 5.73 Å². The number of hydrogen-bond donors (Lipinski definition) is 3. The van der Waals surface area contributed by atoms with Crippen LogP contribution in [-0.4, -0.2) is 29.9 Å². The number of nitrogens with two attached hydrogens (primary N) is 1. The molecule has 0 aromatic heterocycles. The van der Waals surface area contributed by atoms with E-state index in [1.807, 2.05) is 27.7 Å².